The Morgan fingerprint density at radius 1 is 1.26 bits per heavy atom. The zero-order chi connectivity index (χ0) is 17.4. The van der Waals surface area contributed by atoms with Gasteiger partial charge in [0.1, 0.15) is 0 Å². The first-order valence-electron chi connectivity index (χ1n) is 8.28. The molecule has 0 saturated carbocycles. The lowest BCUT2D eigenvalue weighted by Gasteiger charge is -2.17. The van der Waals surface area contributed by atoms with Crippen molar-refractivity contribution in [2.45, 2.75) is 40.0 Å². The molecule has 1 rings (SSSR count). The van der Waals surface area contributed by atoms with Crippen LogP contribution < -0.4 is 16.4 Å². The van der Waals surface area contributed by atoms with Crippen LogP contribution in [-0.4, -0.2) is 13.6 Å². The highest BCUT2D eigenvalue weighted by Crippen LogP contribution is 2.24. The fourth-order valence-corrected chi connectivity index (χ4v) is 2.52. The highest BCUT2D eigenvalue weighted by Gasteiger charge is 2.10. The van der Waals surface area contributed by atoms with Crippen molar-refractivity contribution in [3.63, 3.8) is 0 Å². The largest absolute Gasteiger partial charge is 0.399 e. The smallest absolute Gasteiger partial charge is 0.0376 e. The Labute approximate surface area is 141 Å². The topological polar surface area (TPSA) is 50.1 Å². The number of allylic oxidation sites excluding steroid dienone is 5. The molecule has 3 nitrogen and oxygen atoms in total. The maximum absolute atomic E-state index is 6.11. The molecule has 0 heterocycles. The van der Waals surface area contributed by atoms with E-state index in [-0.39, 0.29) is 0 Å². The third kappa shape index (κ3) is 5.20. The molecule has 0 aromatic heterocycles. The lowest BCUT2D eigenvalue weighted by Crippen LogP contribution is -2.17. The van der Waals surface area contributed by atoms with Crippen LogP contribution >= 0.6 is 0 Å². The molecule has 0 aromatic rings. The number of likely N-dealkylation sites (N-methyl/N-ethyl adjacent to an activating group) is 1. The molecule has 126 valence electrons. The Balaban J connectivity index is 3.03. The standard InChI is InChI=1S/C20H31N3/c1-7-12-23-17(5)15(3)16(4)20(22-6)13-14(2)18-10-8-9-11-19(18)21/h10-11,13,22-23H,3,5,7-9,12,21H2,1-2,4,6H3/b14-13+,20-16-. The van der Waals surface area contributed by atoms with Crippen molar-refractivity contribution in [2.24, 2.45) is 5.73 Å². The molecule has 0 saturated heterocycles. The average molecular weight is 313 g/mol. The number of nitrogens with two attached hydrogens (primary N) is 1. The molecule has 0 aliphatic heterocycles. The Morgan fingerprint density at radius 3 is 2.48 bits per heavy atom. The Kier molecular flexibility index (Phi) is 7.46. The highest BCUT2D eigenvalue weighted by molar-refractivity contribution is 5.51. The summed E-state index contributed by atoms with van der Waals surface area (Å²) < 4.78 is 0. The zero-order valence-electron chi connectivity index (χ0n) is 15.1. The summed E-state index contributed by atoms with van der Waals surface area (Å²) in [6.45, 7) is 15.4. The van der Waals surface area contributed by atoms with Gasteiger partial charge in [-0.3, -0.25) is 0 Å². The molecule has 0 unspecified atom stereocenters. The molecule has 0 fully saturated rings. The lowest BCUT2D eigenvalue weighted by atomic mass is 9.95. The van der Waals surface area contributed by atoms with E-state index in [2.05, 4.69) is 62.8 Å². The van der Waals surface area contributed by atoms with Gasteiger partial charge in [0.15, 0.2) is 0 Å². The van der Waals surface area contributed by atoms with Crippen molar-refractivity contribution in [1.29, 1.82) is 0 Å². The minimum absolute atomic E-state index is 0.867. The molecule has 0 bridgehead atoms. The Hall–Kier alpha value is -2.16. The molecular weight excluding hydrogens is 282 g/mol. The summed E-state index contributed by atoms with van der Waals surface area (Å²) in [4.78, 5) is 0. The molecule has 0 spiro atoms. The van der Waals surface area contributed by atoms with Crippen molar-refractivity contribution in [3.05, 3.63) is 70.8 Å². The molecular formula is C20H31N3. The molecule has 4 N–H and O–H groups in total. The summed E-state index contributed by atoms with van der Waals surface area (Å²) in [5.74, 6) is 0. The van der Waals surface area contributed by atoms with E-state index in [4.69, 9.17) is 5.73 Å². The summed E-state index contributed by atoms with van der Waals surface area (Å²) in [6, 6.07) is 0. The van der Waals surface area contributed by atoms with E-state index in [0.29, 0.717) is 0 Å². The summed E-state index contributed by atoms with van der Waals surface area (Å²) in [7, 11) is 1.92. The first-order valence-corrected chi connectivity index (χ1v) is 8.28. The number of nitrogens with one attached hydrogen (secondary N) is 2. The van der Waals surface area contributed by atoms with Gasteiger partial charge in [-0.05, 0) is 61.5 Å². The molecule has 0 amide bonds. The minimum atomic E-state index is 0.867. The summed E-state index contributed by atoms with van der Waals surface area (Å²) in [5.41, 5.74) is 13.2. The maximum Gasteiger partial charge on any atom is 0.0376 e. The molecule has 1 aliphatic rings. The van der Waals surface area contributed by atoms with Crippen LogP contribution in [0.5, 0.6) is 0 Å². The molecule has 0 radical (unpaired) electrons. The maximum atomic E-state index is 6.11. The van der Waals surface area contributed by atoms with Crippen LogP contribution in [0.4, 0.5) is 0 Å². The summed E-state index contributed by atoms with van der Waals surface area (Å²) in [6.07, 6.45) is 9.57. The van der Waals surface area contributed by atoms with Crippen molar-refractivity contribution >= 4 is 0 Å². The molecule has 0 atom stereocenters. The van der Waals surface area contributed by atoms with Gasteiger partial charge in [-0.1, -0.05) is 32.2 Å². The second-order valence-electron chi connectivity index (χ2n) is 5.85. The molecule has 0 aromatic carbocycles. The van der Waals surface area contributed by atoms with Crippen LogP contribution in [-0.2, 0) is 0 Å². The second-order valence-corrected chi connectivity index (χ2v) is 5.85. The van der Waals surface area contributed by atoms with Crippen LogP contribution in [0.3, 0.4) is 0 Å². The van der Waals surface area contributed by atoms with Gasteiger partial charge in [0.2, 0.25) is 0 Å². The van der Waals surface area contributed by atoms with Crippen LogP contribution in [0.15, 0.2) is 70.8 Å². The third-order valence-electron chi connectivity index (χ3n) is 4.05. The van der Waals surface area contributed by atoms with E-state index < -0.39 is 0 Å². The predicted molar refractivity (Wildman–Crippen MR) is 102 cm³/mol. The first kappa shape index (κ1) is 18.9. The monoisotopic (exact) mass is 313 g/mol. The zero-order valence-corrected chi connectivity index (χ0v) is 15.1. The summed E-state index contributed by atoms with van der Waals surface area (Å²) in [5, 5.41) is 6.56. The Bertz CT molecular complexity index is 586. The second kappa shape index (κ2) is 9.09. The van der Waals surface area contributed by atoms with Crippen LogP contribution in [0.1, 0.15) is 40.0 Å². The number of rotatable bonds is 8. The summed E-state index contributed by atoms with van der Waals surface area (Å²) >= 11 is 0. The van der Waals surface area contributed by atoms with Gasteiger partial charge in [-0.25, -0.2) is 0 Å². The number of hydrogen-bond acceptors (Lipinski definition) is 3. The van der Waals surface area contributed by atoms with Crippen molar-refractivity contribution in [1.82, 2.24) is 10.6 Å². The first-order chi connectivity index (χ1) is 10.9. The van der Waals surface area contributed by atoms with E-state index in [1.807, 2.05) is 7.05 Å². The van der Waals surface area contributed by atoms with Gasteiger partial charge in [-0.2, -0.15) is 0 Å². The minimum Gasteiger partial charge on any atom is -0.399 e. The van der Waals surface area contributed by atoms with Gasteiger partial charge in [0, 0.05) is 30.7 Å². The molecule has 1 aliphatic carbocycles. The van der Waals surface area contributed by atoms with E-state index in [1.165, 1.54) is 0 Å². The lowest BCUT2D eigenvalue weighted by molar-refractivity contribution is 0.778. The van der Waals surface area contributed by atoms with Gasteiger partial charge in [0.25, 0.3) is 0 Å². The highest BCUT2D eigenvalue weighted by atomic mass is 14.9. The number of hydrogen-bond donors (Lipinski definition) is 3. The van der Waals surface area contributed by atoms with Gasteiger partial charge >= 0.3 is 0 Å². The quantitative estimate of drug-likeness (QED) is 0.592. The van der Waals surface area contributed by atoms with Crippen molar-refractivity contribution in [3.8, 4) is 0 Å². The van der Waals surface area contributed by atoms with E-state index in [0.717, 1.165) is 65.2 Å². The van der Waals surface area contributed by atoms with Gasteiger partial charge < -0.3 is 16.4 Å². The van der Waals surface area contributed by atoms with Gasteiger partial charge in [0.05, 0.1) is 0 Å². The predicted octanol–water partition coefficient (Wildman–Crippen LogP) is 4.06. The third-order valence-corrected chi connectivity index (χ3v) is 4.05. The van der Waals surface area contributed by atoms with Gasteiger partial charge in [-0.15, -0.1) is 0 Å². The van der Waals surface area contributed by atoms with Crippen molar-refractivity contribution in [2.75, 3.05) is 13.6 Å². The van der Waals surface area contributed by atoms with Crippen LogP contribution in [0.25, 0.3) is 0 Å². The normalized spacial score (nSPS) is 16.1. The van der Waals surface area contributed by atoms with Crippen molar-refractivity contribution < 1.29 is 0 Å². The molecule has 23 heavy (non-hydrogen) atoms. The van der Waals surface area contributed by atoms with E-state index in [1.54, 1.807) is 0 Å². The molecule has 3 heteroatoms. The SMILES string of the molecule is C=C(NCCC)C(=C)/C(C)=C(/C=C(\C)C1=CCCC=C1N)NC. The average Bonchev–Trinajstić information content (AvgIpc) is 2.56. The Morgan fingerprint density at radius 2 is 1.91 bits per heavy atom. The fraction of sp³-hybridized carbons (Fsp3) is 0.400. The van der Waals surface area contributed by atoms with E-state index >= 15 is 0 Å². The van der Waals surface area contributed by atoms with Crippen LogP contribution in [0, 0.1) is 0 Å². The van der Waals surface area contributed by atoms with Crippen LogP contribution in [0.2, 0.25) is 0 Å². The van der Waals surface area contributed by atoms with E-state index in [9.17, 15) is 0 Å². The fourth-order valence-electron chi connectivity index (χ4n) is 2.52.